The molecule has 160 valence electrons. The molecule has 0 spiro atoms. The third-order valence-electron chi connectivity index (χ3n) is 5.69. The minimum absolute atomic E-state index is 0.102. The second-order valence-corrected chi connectivity index (χ2v) is 8.61. The lowest BCUT2D eigenvalue weighted by molar-refractivity contribution is -0.142. The predicted molar refractivity (Wildman–Crippen MR) is 121 cm³/mol. The van der Waals surface area contributed by atoms with E-state index in [-0.39, 0.29) is 17.7 Å². The average molecular weight is 449 g/mol. The molecule has 2 unspecified atom stereocenters. The van der Waals surface area contributed by atoms with E-state index in [0.29, 0.717) is 22.9 Å². The summed E-state index contributed by atoms with van der Waals surface area (Å²) in [6.07, 6.45) is 9.01. The number of hydrogen-bond donors (Lipinski definition) is 2. The molecule has 0 saturated carbocycles. The molecule has 3 rings (SSSR count). The zero-order valence-corrected chi connectivity index (χ0v) is 18.6. The van der Waals surface area contributed by atoms with E-state index >= 15 is 0 Å². The molecule has 1 heterocycles. The number of aryl methyl sites for hydroxylation is 1. The van der Waals surface area contributed by atoms with Crippen LogP contribution in [0.3, 0.4) is 0 Å². The topological polar surface area (TPSA) is 69.6 Å². The lowest BCUT2D eigenvalue weighted by Crippen LogP contribution is -2.45. The first kappa shape index (κ1) is 22.4. The van der Waals surface area contributed by atoms with Crippen molar-refractivity contribution in [2.75, 3.05) is 18.0 Å². The van der Waals surface area contributed by atoms with E-state index < -0.39 is 12.0 Å². The number of piperidine rings is 1. The van der Waals surface area contributed by atoms with Crippen molar-refractivity contribution in [3.05, 3.63) is 63.7 Å². The van der Waals surface area contributed by atoms with Gasteiger partial charge in [-0.05, 0) is 50.0 Å². The number of aliphatic carboxylic acids is 1. The number of hydrogen-bond acceptors (Lipinski definition) is 3. The maximum atomic E-state index is 12.3. The van der Waals surface area contributed by atoms with E-state index in [1.165, 1.54) is 6.92 Å². The first-order valence-electron chi connectivity index (χ1n) is 10.1. The van der Waals surface area contributed by atoms with Crippen molar-refractivity contribution < 1.29 is 14.7 Å². The minimum atomic E-state index is -1.02. The first-order chi connectivity index (χ1) is 14.3. The molecule has 1 saturated heterocycles. The zero-order chi connectivity index (χ0) is 21.8. The SMILES string of the molecule is Cc1ccc(C2C=CC=CC(Cl)=C2Cl)cc1N1CCC(C(=O)NC(C)C(=O)O)CC1. The Morgan fingerprint density at radius 1 is 1.20 bits per heavy atom. The number of benzene rings is 1. The van der Waals surface area contributed by atoms with Crippen LogP contribution < -0.4 is 10.2 Å². The van der Waals surface area contributed by atoms with Crippen LogP contribution in [0.15, 0.2) is 52.6 Å². The number of nitrogens with one attached hydrogen (secondary N) is 1. The summed E-state index contributed by atoms with van der Waals surface area (Å²) in [5.74, 6) is -1.48. The van der Waals surface area contributed by atoms with Gasteiger partial charge in [0.25, 0.3) is 0 Å². The van der Waals surface area contributed by atoms with Gasteiger partial charge in [0.05, 0.1) is 5.03 Å². The van der Waals surface area contributed by atoms with Gasteiger partial charge in [0.1, 0.15) is 6.04 Å². The highest BCUT2D eigenvalue weighted by atomic mass is 35.5. The van der Waals surface area contributed by atoms with Gasteiger partial charge in [0, 0.05) is 35.6 Å². The van der Waals surface area contributed by atoms with Crippen LogP contribution in [0.4, 0.5) is 5.69 Å². The van der Waals surface area contributed by atoms with Gasteiger partial charge in [-0.3, -0.25) is 9.59 Å². The van der Waals surface area contributed by atoms with Crippen LogP contribution in [-0.2, 0) is 9.59 Å². The first-order valence-corrected chi connectivity index (χ1v) is 10.8. The maximum Gasteiger partial charge on any atom is 0.325 e. The molecule has 1 aliphatic heterocycles. The fourth-order valence-electron chi connectivity index (χ4n) is 3.82. The number of anilines is 1. The van der Waals surface area contributed by atoms with Crippen LogP contribution in [0.25, 0.3) is 0 Å². The molecular weight excluding hydrogens is 423 g/mol. The minimum Gasteiger partial charge on any atom is -0.480 e. The van der Waals surface area contributed by atoms with Crippen molar-refractivity contribution in [2.45, 2.75) is 38.6 Å². The maximum absolute atomic E-state index is 12.3. The van der Waals surface area contributed by atoms with Crippen molar-refractivity contribution in [1.82, 2.24) is 5.32 Å². The molecule has 1 amide bonds. The average Bonchev–Trinajstić information content (AvgIpc) is 2.89. The van der Waals surface area contributed by atoms with Crippen molar-refractivity contribution in [3.63, 3.8) is 0 Å². The van der Waals surface area contributed by atoms with Crippen LogP contribution in [0.1, 0.15) is 36.8 Å². The predicted octanol–water partition coefficient (Wildman–Crippen LogP) is 4.70. The zero-order valence-electron chi connectivity index (χ0n) is 17.1. The Hall–Kier alpha value is -2.24. The molecular formula is C23H26Cl2N2O3. The van der Waals surface area contributed by atoms with Gasteiger partial charge < -0.3 is 15.3 Å². The Labute approximate surface area is 187 Å². The van der Waals surface area contributed by atoms with Gasteiger partial charge in [-0.1, -0.05) is 53.6 Å². The summed E-state index contributed by atoms with van der Waals surface area (Å²) in [6.45, 7) is 5.02. The Bertz CT molecular complexity index is 915. The molecule has 1 aromatic rings. The molecule has 1 aromatic carbocycles. The normalized spacial score (nSPS) is 20.8. The number of allylic oxidation sites excluding steroid dienone is 6. The number of nitrogens with zero attached hydrogens (tertiary/aromatic N) is 1. The van der Waals surface area contributed by atoms with Gasteiger partial charge >= 0.3 is 5.97 Å². The second kappa shape index (κ2) is 9.71. The van der Waals surface area contributed by atoms with Crippen LogP contribution >= 0.6 is 23.2 Å². The summed E-state index contributed by atoms with van der Waals surface area (Å²) in [6, 6.07) is 5.43. The van der Waals surface area contributed by atoms with Crippen molar-refractivity contribution in [2.24, 2.45) is 5.92 Å². The van der Waals surface area contributed by atoms with Gasteiger partial charge in [-0.15, -0.1) is 0 Å². The summed E-state index contributed by atoms with van der Waals surface area (Å²) >= 11 is 12.8. The summed E-state index contributed by atoms with van der Waals surface area (Å²) in [4.78, 5) is 25.6. The molecule has 5 nitrogen and oxygen atoms in total. The van der Waals surface area contributed by atoms with Crippen LogP contribution in [0.5, 0.6) is 0 Å². The Balaban J connectivity index is 1.72. The number of carbonyl (C=O) groups excluding carboxylic acids is 1. The van der Waals surface area contributed by atoms with Crippen molar-refractivity contribution in [3.8, 4) is 0 Å². The van der Waals surface area contributed by atoms with Gasteiger partial charge in [-0.2, -0.15) is 0 Å². The highest BCUT2D eigenvalue weighted by Crippen LogP contribution is 2.37. The fourth-order valence-corrected chi connectivity index (χ4v) is 4.27. The monoisotopic (exact) mass is 448 g/mol. The summed E-state index contributed by atoms with van der Waals surface area (Å²) < 4.78 is 0. The molecule has 0 aromatic heterocycles. The Morgan fingerprint density at radius 3 is 2.57 bits per heavy atom. The fraction of sp³-hybridized carbons (Fsp3) is 0.391. The third kappa shape index (κ3) is 5.08. The van der Waals surface area contributed by atoms with Crippen LogP contribution in [0, 0.1) is 12.8 Å². The van der Waals surface area contributed by atoms with E-state index in [4.69, 9.17) is 28.3 Å². The lowest BCUT2D eigenvalue weighted by atomic mass is 9.92. The van der Waals surface area contributed by atoms with Crippen molar-refractivity contribution in [1.29, 1.82) is 0 Å². The number of rotatable bonds is 5. The number of carboxylic acid groups (broad SMARTS) is 1. The van der Waals surface area contributed by atoms with Gasteiger partial charge in [0.15, 0.2) is 0 Å². The molecule has 2 atom stereocenters. The smallest absolute Gasteiger partial charge is 0.325 e. The highest BCUT2D eigenvalue weighted by molar-refractivity contribution is 6.40. The second-order valence-electron chi connectivity index (χ2n) is 7.79. The van der Waals surface area contributed by atoms with E-state index in [1.807, 2.05) is 18.2 Å². The number of amides is 1. The molecule has 2 aliphatic rings. The molecule has 1 fully saturated rings. The van der Waals surface area contributed by atoms with E-state index in [0.717, 1.165) is 29.9 Å². The highest BCUT2D eigenvalue weighted by Gasteiger charge is 2.28. The van der Waals surface area contributed by atoms with Crippen molar-refractivity contribution >= 4 is 40.8 Å². The molecule has 2 N–H and O–H groups in total. The summed E-state index contributed by atoms with van der Waals surface area (Å²) in [7, 11) is 0. The number of carboxylic acids is 1. The molecule has 30 heavy (non-hydrogen) atoms. The molecule has 0 radical (unpaired) electrons. The largest absolute Gasteiger partial charge is 0.480 e. The molecule has 7 heteroatoms. The molecule has 0 bridgehead atoms. The third-order valence-corrected chi connectivity index (χ3v) is 6.55. The summed E-state index contributed by atoms with van der Waals surface area (Å²) in [5.41, 5.74) is 3.34. The summed E-state index contributed by atoms with van der Waals surface area (Å²) in [5, 5.41) is 12.7. The van der Waals surface area contributed by atoms with Gasteiger partial charge in [0.2, 0.25) is 5.91 Å². The van der Waals surface area contributed by atoms with Gasteiger partial charge in [-0.25, -0.2) is 0 Å². The van der Waals surface area contributed by atoms with Crippen LogP contribution in [-0.4, -0.2) is 36.1 Å². The number of halogens is 2. The van der Waals surface area contributed by atoms with E-state index in [9.17, 15) is 9.59 Å². The van der Waals surface area contributed by atoms with Crippen LogP contribution in [0.2, 0.25) is 0 Å². The van der Waals surface area contributed by atoms with E-state index in [1.54, 1.807) is 6.08 Å². The lowest BCUT2D eigenvalue weighted by Gasteiger charge is -2.34. The van der Waals surface area contributed by atoms with E-state index in [2.05, 4.69) is 35.3 Å². The number of carbonyl (C=O) groups is 2. The quantitative estimate of drug-likeness (QED) is 0.684. The molecule has 1 aliphatic carbocycles. The Morgan fingerprint density at radius 2 is 1.90 bits per heavy atom. The Kier molecular flexibility index (Phi) is 7.27. The standard InChI is InChI=1S/C23H26Cl2N2O3/c1-14-7-8-17(18-5-3-4-6-19(24)21(18)25)13-20(14)27-11-9-16(10-12-27)22(28)26-15(2)23(29)30/h3-8,13,15-16,18H,9-12H2,1-2H3,(H,26,28)(H,29,30).